The molecule has 1 saturated heterocycles. The van der Waals surface area contributed by atoms with Crippen molar-refractivity contribution in [1.29, 1.82) is 0 Å². The number of aliphatic hydroxyl groups excluding tert-OH is 1. The van der Waals surface area contributed by atoms with Gasteiger partial charge >= 0.3 is 6.03 Å². The Morgan fingerprint density at radius 3 is 2.26 bits per heavy atom. The van der Waals surface area contributed by atoms with Crippen molar-refractivity contribution in [2.45, 2.75) is 50.7 Å². The van der Waals surface area contributed by atoms with Gasteiger partial charge in [-0.25, -0.2) is 4.79 Å². The highest BCUT2D eigenvalue weighted by Gasteiger charge is 2.27. The number of carbonyl (C=O) groups excluding carboxylic acids is 1. The van der Waals surface area contributed by atoms with Crippen molar-refractivity contribution in [3.8, 4) is 11.1 Å². The standard InChI is InChI=1S/C30H35N3O2/c34-29(26-13-12-23-10-4-5-11-25(23)20-26)28(21-33-18-6-7-19-33)32-30(35)31-27-16-14-24(15-17-27)22-8-2-1-3-9-22/h1-3,8-9,12-17,20,28-29,34H,4-7,10-11,18-19,21H2,(H2,31,32,35)/t28-,29-/m1/s1. The number of amides is 2. The summed E-state index contributed by atoms with van der Waals surface area (Å²) in [5, 5.41) is 17.4. The first-order valence-corrected chi connectivity index (χ1v) is 12.9. The second-order valence-electron chi connectivity index (χ2n) is 9.84. The molecule has 3 aromatic carbocycles. The van der Waals surface area contributed by atoms with Crippen molar-refractivity contribution < 1.29 is 9.90 Å². The van der Waals surface area contributed by atoms with Crippen LogP contribution < -0.4 is 10.6 Å². The number of aryl methyl sites for hydroxylation is 2. The number of hydrogen-bond donors (Lipinski definition) is 3. The average molecular weight is 470 g/mol. The first kappa shape index (κ1) is 23.6. The molecule has 5 heteroatoms. The number of nitrogens with one attached hydrogen (secondary N) is 2. The van der Waals surface area contributed by atoms with Crippen LogP contribution in [0.1, 0.15) is 48.5 Å². The van der Waals surface area contributed by atoms with Crippen LogP contribution in [0.4, 0.5) is 10.5 Å². The predicted octanol–water partition coefficient (Wildman–Crippen LogP) is 5.55. The molecule has 1 aliphatic carbocycles. The second kappa shape index (κ2) is 11.1. The van der Waals surface area contributed by atoms with Crippen LogP contribution in [-0.2, 0) is 12.8 Å². The maximum atomic E-state index is 13.0. The monoisotopic (exact) mass is 469 g/mol. The molecular weight excluding hydrogens is 434 g/mol. The zero-order valence-corrected chi connectivity index (χ0v) is 20.2. The minimum Gasteiger partial charge on any atom is -0.386 e. The number of nitrogens with zero attached hydrogens (tertiary/aromatic N) is 1. The molecular formula is C30H35N3O2. The van der Waals surface area contributed by atoms with Crippen molar-refractivity contribution in [2.24, 2.45) is 0 Å². The summed E-state index contributed by atoms with van der Waals surface area (Å²) in [5.74, 6) is 0. The third kappa shape index (κ3) is 5.92. The summed E-state index contributed by atoms with van der Waals surface area (Å²) in [4.78, 5) is 15.3. The van der Waals surface area contributed by atoms with Gasteiger partial charge in [-0.15, -0.1) is 0 Å². The van der Waals surface area contributed by atoms with E-state index in [0.29, 0.717) is 6.54 Å². The van der Waals surface area contributed by atoms with Gasteiger partial charge in [-0.1, -0.05) is 60.7 Å². The number of carbonyl (C=O) groups is 1. The Kier molecular flexibility index (Phi) is 7.45. The summed E-state index contributed by atoms with van der Waals surface area (Å²) in [6, 6.07) is 23.7. The van der Waals surface area contributed by atoms with Gasteiger partial charge < -0.3 is 20.6 Å². The average Bonchev–Trinajstić information content (AvgIpc) is 3.42. The van der Waals surface area contributed by atoms with E-state index in [4.69, 9.17) is 0 Å². The second-order valence-corrected chi connectivity index (χ2v) is 9.84. The Bertz CT molecular complexity index is 1120. The van der Waals surface area contributed by atoms with E-state index in [-0.39, 0.29) is 6.03 Å². The van der Waals surface area contributed by atoms with Crippen molar-refractivity contribution in [3.63, 3.8) is 0 Å². The highest BCUT2D eigenvalue weighted by molar-refractivity contribution is 5.89. The first-order chi connectivity index (χ1) is 17.2. The quantitative estimate of drug-likeness (QED) is 0.425. The minimum absolute atomic E-state index is 0.293. The molecule has 5 rings (SSSR count). The van der Waals surface area contributed by atoms with Crippen molar-refractivity contribution in [2.75, 3.05) is 25.0 Å². The fraction of sp³-hybridized carbons (Fsp3) is 0.367. The van der Waals surface area contributed by atoms with Crippen LogP contribution in [0, 0.1) is 0 Å². The van der Waals surface area contributed by atoms with Gasteiger partial charge in [-0.05, 0) is 91.6 Å². The summed E-state index contributed by atoms with van der Waals surface area (Å²) in [6.45, 7) is 2.66. The number of rotatable bonds is 7. The van der Waals surface area contributed by atoms with E-state index in [1.807, 2.05) is 48.5 Å². The zero-order chi connectivity index (χ0) is 24.0. The van der Waals surface area contributed by atoms with E-state index < -0.39 is 12.1 Å². The van der Waals surface area contributed by atoms with E-state index in [0.717, 1.165) is 48.3 Å². The van der Waals surface area contributed by atoms with Gasteiger partial charge in [0.1, 0.15) is 6.10 Å². The first-order valence-electron chi connectivity index (χ1n) is 12.9. The van der Waals surface area contributed by atoms with Crippen LogP contribution in [0.15, 0.2) is 72.8 Å². The Morgan fingerprint density at radius 2 is 1.51 bits per heavy atom. The van der Waals surface area contributed by atoms with Crippen LogP contribution in [0.5, 0.6) is 0 Å². The molecule has 5 nitrogen and oxygen atoms in total. The largest absolute Gasteiger partial charge is 0.386 e. The van der Waals surface area contributed by atoms with E-state index in [1.165, 1.54) is 36.8 Å². The molecule has 2 aliphatic rings. The van der Waals surface area contributed by atoms with Crippen LogP contribution in [0.3, 0.4) is 0 Å². The molecule has 0 bridgehead atoms. The molecule has 1 heterocycles. The number of benzene rings is 3. The van der Waals surface area contributed by atoms with Gasteiger partial charge in [0, 0.05) is 12.2 Å². The maximum absolute atomic E-state index is 13.0. The number of likely N-dealkylation sites (tertiary alicyclic amines) is 1. The smallest absolute Gasteiger partial charge is 0.319 e. The third-order valence-electron chi connectivity index (χ3n) is 7.32. The molecule has 3 N–H and O–H groups in total. The number of hydrogen-bond acceptors (Lipinski definition) is 3. The topological polar surface area (TPSA) is 64.6 Å². The molecule has 1 aliphatic heterocycles. The van der Waals surface area contributed by atoms with E-state index in [2.05, 4.69) is 39.8 Å². The van der Waals surface area contributed by atoms with Crippen molar-refractivity contribution >= 4 is 11.7 Å². The Labute approximate surface area is 208 Å². The van der Waals surface area contributed by atoms with E-state index >= 15 is 0 Å². The summed E-state index contributed by atoms with van der Waals surface area (Å²) in [7, 11) is 0. The molecule has 3 aromatic rings. The van der Waals surface area contributed by atoms with Gasteiger partial charge in [0.15, 0.2) is 0 Å². The normalized spacial score (nSPS) is 17.4. The number of anilines is 1. The third-order valence-corrected chi connectivity index (χ3v) is 7.32. The Hall–Kier alpha value is -3.15. The zero-order valence-electron chi connectivity index (χ0n) is 20.2. The van der Waals surface area contributed by atoms with Gasteiger partial charge in [-0.2, -0.15) is 0 Å². The molecule has 2 amide bonds. The summed E-state index contributed by atoms with van der Waals surface area (Å²) in [5.41, 5.74) is 6.60. The van der Waals surface area contributed by atoms with Crippen LogP contribution in [-0.4, -0.2) is 41.7 Å². The van der Waals surface area contributed by atoms with Crippen molar-refractivity contribution in [1.82, 2.24) is 10.2 Å². The van der Waals surface area contributed by atoms with E-state index in [9.17, 15) is 9.90 Å². The molecule has 1 fully saturated rings. The molecule has 0 unspecified atom stereocenters. The molecule has 35 heavy (non-hydrogen) atoms. The predicted molar refractivity (Wildman–Crippen MR) is 142 cm³/mol. The van der Waals surface area contributed by atoms with E-state index in [1.54, 1.807) is 0 Å². The fourth-order valence-corrected chi connectivity index (χ4v) is 5.35. The van der Waals surface area contributed by atoms with Crippen LogP contribution >= 0.6 is 0 Å². The molecule has 0 aromatic heterocycles. The van der Waals surface area contributed by atoms with Crippen molar-refractivity contribution in [3.05, 3.63) is 89.5 Å². The Balaban J connectivity index is 1.27. The minimum atomic E-state index is -0.756. The van der Waals surface area contributed by atoms with Crippen LogP contribution in [0.2, 0.25) is 0 Å². The number of urea groups is 1. The van der Waals surface area contributed by atoms with Gasteiger partial charge in [0.25, 0.3) is 0 Å². The summed E-state index contributed by atoms with van der Waals surface area (Å²) in [6.07, 6.45) is 6.21. The lowest BCUT2D eigenvalue weighted by atomic mass is 9.88. The fourth-order valence-electron chi connectivity index (χ4n) is 5.35. The summed E-state index contributed by atoms with van der Waals surface area (Å²) < 4.78 is 0. The molecule has 0 saturated carbocycles. The highest BCUT2D eigenvalue weighted by atomic mass is 16.3. The molecule has 182 valence electrons. The SMILES string of the molecule is O=C(Nc1ccc(-c2ccccc2)cc1)N[C@H](CN1CCCC1)[C@H](O)c1ccc2c(c1)CCCC2. The maximum Gasteiger partial charge on any atom is 0.319 e. The number of aliphatic hydroxyl groups is 1. The molecule has 2 atom stereocenters. The molecule has 0 radical (unpaired) electrons. The lowest BCUT2D eigenvalue weighted by molar-refractivity contribution is 0.111. The summed E-state index contributed by atoms with van der Waals surface area (Å²) >= 11 is 0. The number of fused-ring (bicyclic) bond motifs is 1. The Morgan fingerprint density at radius 1 is 0.829 bits per heavy atom. The van der Waals surface area contributed by atoms with Gasteiger partial charge in [0.2, 0.25) is 0 Å². The van der Waals surface area contributed by atoms with Crippen LogP contribution in [0.25, 0.3) is 11.1 Å². The van der Waals surface area contributed by atoms with Gasteiger partial charge in [0.05, 0.1) is 6.04 Å². The van der Waals surface area contributed by atoms with Gasteiger partial charge in [-0.3, -0.25) is 0 Å². The lowest BCUT2D eigenvalue weighted by Gasteiger charge is -2.29. The highest BCUT2D eigenvalue weighted by Crippen LogP contribution is 2.27. The lowest BCUT2D eigenvalue weighted by Crippen LogP contribution is -2.48. The molecule has 0 spiro atoms.